The first-order valence-electron chi connectivity index (χ1n) is 8.34. The van der Waals surface area contributed by atoms with Gasteiger partial charge in [-0.1, -0.05) is 32.4 Å². The fourth-order valence-electron chi connectivity index (χ4n) is 2.20. The Labute approximate surface area is 147 Å². The summed E-state index contributed by atoms with van der Waals surface area (Å²) in [6.45, 7) is 7.01. The van der Waals surface area contributed by atoms with Crippen LogP contribution in [0.25, 0.3) is 0 Å². The minimum atomic E-state index is -0.406. The van der Waals surface area contributed by atoms with Crippen molar-refractivity contribution in [2.75, 3.05) is 23.4 Å². The number of benzene rings is 1. The number of anilines is 2. The van der Waals surface area contributed by atoms with Crippen LogP contribution in [0.4, 0.5) is 21.0 Å². The summed E-state index contributed by atoms with van der Waals surface area (Å²) in [4.78, 5) is 21.5. The number of amides is 1. The third-order valence-electron chi connectivity index (χ3n) is 3.39. The molecule has 1 N–H and O–H groups in total. The van der Waals surface area contributed by atoms with Crippen LogP contribution in [0, 0.1) is 5.82 Å². The lowest BCUT2D eigenvalue weighted by atomic mass is 10.1. The zero-order chi connectivity index (χ0) is 18.2. The maximum Gasteiger partial charge on any atom is 0.415 e. The normalized spacial score (nSPS) is 14.4. The lowest BCUT2D eigenvalue weighted by molar-refractivity contribution is 0.181. The summed E-state index contributed by atoms with van der Waals surface area (Å²) >= 11 is 0. The van der Waals surface area contributed by atoms with Gasteiger partial charge in [0.1, 0.15) is 18.2 Å². The Bertz CT molecular complexity index is 694. The molecule has 3 rings (SSSR count). The molecule has 0 spiro atoms. The highest BCUT2D eigenvalue weighted by Crippen LogP contribution is 2.20. The monoisotopic (exact) mass is 346 g/mol. The van der Waals surface area contributed by atoms with Gasteiger partial charge in [-0.05, 0) is 30.7 Å². The van der Waals surface area contributed by atoms with Crippen LogP contribution in [0.15, 0.2) is 36.5 Å². The van der Waals surface area contributed by atoms with Crippen LogP contribution in [-0.4, -0.2) is 29.2 Å². The third-order valence-corrected chi connectivity index (χ3v) is 3.39. The Hall–Kier alpha value is -2.70. The van der Waals surface area contributed by atoms with Gasteiger partial charge in [0.25, 0.3) is 0 Å². The lowest BCUT2D eigenvalue weighted by Gasteiger charge is -2.16. The van der Waals surface area contributed by atoms with Crippen molar-refractivity contribution in [1.82, 2.24) is 9.97 Å². The Morgan fingerprint density at radius 1 is 1.28 bits per heavy atom. The summed E-state index contributed by atoms with van der Waals surface area (Å²) in [6, 6.07) is 7.78. The van der Waals surface area contributed by atoms with Gasteiger partial charge in [-0.25, -0.2) is 14.2 Å². The van der Waals surface area contributed by atoms with Gasteiger partial charge < -0.3 is 10.1 Å². The van der Waals surface area contributed by atoms with Crippen LogP contribution in [0.3, 0.4) is 0 Å². The predicted molar refractivity (Wildman–Crippen MR) is 95.1 cm³/mol. The Kier molecular flexibility index (Phi) is 6.68. The number of hydrogen-bond donors (Lipinski definition) is 1. The third kappa shape index (κ3) is 5.14. The highest BCUT2D eigenvalue weighted by molar-refractivity contribution is 5.88. The quantitative estimate of drug-likeness (QED) is 0.900. The summed E-state index contributed by atoms with van der Waals surface area (Å²) in [5.41, 5.74) is 0.913. The number of carbonyl (C=O) groups is 1. The number of ether oxygens (including phenoxy) is 1. The number of aromatic nitrogens is 2. The van der Waals surface area contributed by atoms with Crippen LogP contribution in [0.2, 0.25) is 0 Å². The number of hydrogen-bond acceptors (Lipinski definition) is 5. The Morgan fingerprint density at radius 2 is 1.96 bits per heavy atom. The van der Waals surface area contributed by atoms with Crippen LogP contribution in [0.1, 0.15) is 38.8 Å². The van der Waals surface area contributed by atoms with Crippen molar-refractivity contribution in [3.63, 3.8) is 0 Å². The molecule has 1 aliphatic rings. The SMILES string of the molecule is CCC.C[C@H](Nc1nccc(N2CCOC2=O)n1)c1ccc(F)cc1. The minimum absolute atomic E-state index is 0.0959. The smallest absolute Gasteiger partial charge is 0.415 e. The number of halogens is 1. The molecule has 6 nitrogen and oxygen atoms in total. The van der Waals surface area contributed by atoms with E-state index in [2.05, 4.69) is 29.1 Å². The molecule has 0 saturated carbocycles. The zero-order valence-corrected chi connectivity index (χ0v) is 14.7. The first-order valence-corrected chi connectivity index (χ1v) is 8.34. The summed E-state index contributed by atoms with van der Waals surface area (Å²) in [7, 11) is 0. The topological polar surface area (TPSA) is 67.3 Å². The van der Waals surface area contributed by atoms with Crippen LogP contribution in [0.5, 0.6) is 0 Å². The molecule has 7 heteroatoms. The summed E-state index contributed by atoms with van der Waals surface area (Å²) in [5.74, 6) is 0.613. The molecule has 0 radical (unpaired) electrons. The molecule has 2 aromatic rings. The van der Waals surface area contributed by atoms with Crippen LogP contribution < -0.4 is 10.2 Å². The van der Waals surface area contributed by atoms with Crippen molar-refractivity contribution in [3.8, 4) is 0 Å². The molecule has 0 unspecified atom stereocenters. The molecule has 1 fully saturated rings. The molecule has 0 bridgehead atoms. The zero-order valence-electron chi connectivity index (χ0n) is 14.7. The second kappa shape index (κ2) is 8.96. The highest BCUT2D eigenvalue weighted by atomic mass is 19.1. The number of cyclic esters (lactones) is 1. The molecule has 1 saturated heterocycles. The van der Waals surface area contributed by atoms with Gasteiger partial charge in [0.05, 0.1) is 12.6 Å². The maximum atomic E-state index is 12.9. The fourth-order valence-corrected chi connectivity index (χ4v) is 2.20. The molecule has 25 heavy (non-hydrogen) atoms. The molecule has 0 aliphatic carbocycles. The molecule has 1 amide bonds. The Balaban J connectivity index is 0.000000701. The van der Waals surface area contributed by atoms with E-state index in [9.17, 15) is 9.18 Å². The van der Waals surface area contributed by atoms with Crippen molar-refractivity contribution in [3.05, 3.63) is 47.9 Å². The van der Waals surface area contributed by atoms with Gasteiger partial charge in [-0.2, -0.15) is 4.98 Å². The fraction of sp³-hybridized carbons (Fsp3) is 0.389. The van der Waals surface area contributed by atoms with Crippen LogP contribution >= 0.6 is 0 Å². The number of rotatable bonds is 4. The van der Waals surface area contributed by atoms with E-state index in [0.29, 0.717) is 24.9 Å². The van der Waals surface area contributed by atoms with Crippen molar-refractivity contribution in [2.45, 2.75) is 33.2 Å². The first-order chi connectivity index (χ1) is 12.0. The van der Waals surface area contributed by atoms with E-state index in [1.165, 1.54) is 23.5 Å². The van der Waals surface area contributed by atoms with E-state index in [0.717, 1.165) is 5.56 Å². The maximum absolute atomic E-state index is 12.9. The minimum Gasteiger partial charge on any atom is -0.447 e. The average Bonchev–Trinajstić information content (AvgIpc) is 3.02. The summed E-state index contributed by atoms with van der Waals surface area (Å²) < 4.78 is 17.8. The molecule has 1 atom stereocenters. The molecule has 1 aromatic heterocycles. The lowest BCUT2D eigenvalue weighted by Crippen LogP contribution is -2.25. The number of carbonyl (C=O) groups excluding carboxylic acids is 1. The van der Waals surface area contributed by atoms with Crippen molar-refractivity contribution < 1.29 is 13.9 Å². The van der Waals surface area contributed by atoms with E-state index >= 15 is 0 Å². The van der Waals surface area contributed by atoms with E-state index in [-0.39, 0.29) is 11.9 Å². The average molecular weight is 346 g/mol. The van der Waals surface area contributed by atoms with Crippen LogP contribution in [-0.2, 0) is 4.74 Å². The van der Waals surface area contributed by atoms with Gasteiger partial charge in [-0.3, -0.25) is 4.90 Å². The van der Waals surface area contributed by atoms with E-state index in [1.54, 1.807) is 24.4 Å². The number of nitrogens with one attached hydrogen (secondary N) is 1. The van der Waals surface area contributed by atoms with Gasteiger partial charge in [0.2, 0.25) is 5.95 Å². The second-order valence-corrected chi connectivity index (χ2v) is 5.63. The summed E-state index contributed by atoms with van der Waals surface area (Å²) in [6.07, 6.45) is 2.42. The van der Waals surface area contributed by atoms with Gasteiger partial charge in [-0.15, -0.1) is 0 Å². The molecule has 134 valence electrons. The number of nitrogens with zero attached hydrogens (tertiary/aromatic N) is 3. The van der Waals surface area contributed by atoms with Crippen molar-refractivity contribution >= 4 is 17.9 Å². The molecule has 1 aliphatic heterocycles. The highest BCUT2D eigenvalue weighted by Gasteiger charge is 2.25. The van der Waals surface area contributed by atoms with E-state index in [1.807, 2.05) is 6.92 Å². The molecule has 1 aromatic carbocycles. The Morgan fingerprint density at radius 3 is 2.56 bits per heavy atom. The first kappa shape index (κ1) is 18.6. The largest absolute Gasteiger partial charge is 0.447 e. The summed E-state index contributed by atoms with van der Waals surface area (Å²) in [5, 5.41) is 3.13. The van der Waals surface area contributed by atoms with Crippen molar-refractivity contribution in [2.24, 2.45) is 0 Å². The van der Waals surface area contributed by atoms with Crippen molar-refractivity contribution in [1.29, 1.82) is 0 Å². The second-order valence-electron chi connectivity index (χ2n) is 5.63. The van der Waals surface area contributed by atoms with E-state index < -0.39 is 6.09 Å². The predicted octanol–water partition coefficient (Wildman–Crippen LogP) is 4.16. The standard InChI is InChI=1S/C15H15FN4O2.C3H8/c1-10(11-2-4-12(16)5-3-11)18-14-17-7-6-13(19-14)20-8-9-22-15(20)21;1-3-2/h2-7,10H,8-9H2,1H3,(H,17,18,19);3H2,1-2H3/t10-;/m0./s1. The molecular formula is C18H23FN4O2. The van der Waals surface area contributed by atoms with Gasteiger partial charge >= 0.3 is 6.09 Å². The van der Waals surface area contributed by atoms with E-state index in [4.69, 9.17) is 4.74 Å². The van der Waals surface area contributed by atoms with Gasteiger partial charge in [0.15, 0.2) is 0 Å². The molecular weight excluding hydrogens is 323 g/mol. The van der Waals surface area contributed by atoms with Gasteiger partial charge in [0, 0.05) is 6.20 Å². The molecule has 2 heterocycles.